The fraction of sp³-hybridized carbons (Fsp3) is 0.615. The van der Waals surface area contributed by atoms with Crippen LogP contribution in [0.15, 0.2) is 12.4 Å². The first-order chi connectivity index (χ1) is 9.22. The number of rotatable bonds is 5. The lowest BCUT2D eigenvalue weighted by Crippen LogP contribution is -2.18. The molecule has 0 saturated heterocycles. The predicted molar refractivity (Wildman–Crippen MR) is 76.6 cm³/mol. The second kappa shape index (κ2) is 6.75. The maximum Gasteiger partial charge on any atom is 0.358 e. The molecule has 0 radical (unpaired) electrons. The van der Waals surface area contributed by atoms with Crippen LogP contribution in [0.5, 0.6) is 0 Å². The van der Waals surface area contributed by atoms with Gasteiger partial charge in [-0.05, 0) is 25.0 Å². The quantitative estimate of drug-likeness (QED) is 0.836. The van der Waals surface area contributed by atoms with Crippen molar-refractivity contribution in [2.45, 2.75) is 37.5 Å². The molecule has 1 saturated carbocycles. The van der Waals surface area contributed by atoms with Gasteiger partial charge in [-0.3, -0.25) is 4.98 Å². The highest BCUT2D eigenvalue weighted by atomic mass is 32.2. The van der Waals surface area contributed by atoms with Gasteiger partial charge in [-0.1, -0.05) is 6.92 Å². The van der Waals surface area contributed by atoms with Crippen LogP contribution in [0.3, 0.4) is 0 Å². The molecule has 1 aromatic heterocycles. The average molecular weight is 281 g/mol. The Kier molecular flexibility index (Phi) is 5.01. The van der Waals surface area contributed by atoms with E-state index in [1.165, 1.54) is 19.7 Å². The number of ether oxygens (including phenoxy) is 1. The minimum atomic E-state index is -0.456. The van der Waals surface area contributed by atoms with E-state index in [1.807, 2.05) is 11.8 Å². The minimum absolute atomic E-state index is 0.241. The van der Waals surface area contributed by atoms with Gasteiger partial charge in [-0.15, -0.1) is 0 Å². The second-order valence-electron chi connectivity index (χ2n) is 4.51. The number of hydrogen-bond acceptors (Lipinski definition) is 6. The van der Waals surface area contributed by atoms with Crippen molar-refractivity contribution in [1.29, 1.82) is 0 Å². The molecule has 0 bridgehead atoms. The van der Waals surface area contributed by atoms with Crippen molar-refractivity contribution >= 4 is 23.5 Å². The number of carbonyl (C=O) groups is 1. The Bertz CT molecular complexity index is 442. The van der Waals surface area contributed by atoms with Gasteiger partial charge < -0.3 is 10.1 Å². The van der Waals surface area contributed by atoms with Crippen molar-refractivity contribution in [3.8, 4) is 0 Å². The molecule has 1 aliphatic carbocycles. The molecule has 0 aromatic carbocycles. The van der Waals surface area contributed by atoms with Crippen molar-refractivity contribution < 1.29 is 9.53 Å². The zero-order valence-corrected chi connectivity index (χ0v) is 12.1. The SMILES string of the molecule is CCSC1CCC(Nc2cncc(C(=O)OC)n2)C1. The molecule has 5 nitrogen and oxygen atoms in total. The molecule has 2 rings (SSSR count). The zero-order chi connectivity index (χ0) is 13.7. The molecule has 2 unspecified atom stereocenters. The van der Waals surface area contributed by atoms with E-state index in [1.54, 1.807) is 6.20 Å². The normalized spacial score (nSPS) is 22.2. The van der Waals surface area contributed by atoms with Gasteiger partial charge in [0.05, 0.1) is 19.5 Å². The predicted octanol–water partition coefficient (Wildman–Crippen LogP) is 2.35. The molecule has 2 atom stereocenters. The number of nitrogens with zero attached hydrogens (tertiary/aromatic N) is 2. The molecule has 1 N–H and O–H groups in total. The first-order valence-electron chi connectivity index (χ1n) is 6.51. The molecular formula is C13H19N3O2S. The van der Waals surface area contributed by atoms with Gasteiger partial charge in [-0.25, -0.2) is 9.78 Å². The number of esters is 1. The van der Waals surface area contributed by atoms with E-state index in [4.69, 9.17) is 0 Å². The number of methoxy groups -OCH3 is 1. The van der Waals surface area contributed by atoms with Crippen LogP contribution >= 0.6 is 11.8 Å². The lowest BCUT2D eigenvalue weighted by Gasteiger charge is -2.13. The number of thioether (sulfide) groups is 1. The summed E-state index contributed by atoms with van der Waals surface area (Å²) in [6.07, 6.45) is 6.58. The van der Waals surface area contributed by atoms with Crippen LogP contribution < -0.4 is 5.32 Å². The maximum atomic E-state index is 11.4. The first-order valence-corrected chi connectivity index (χ1v) is 7.56. The number of anilines is 1. The monoisotopic (exact) mass is 281 g/mol. The van der Waals surface area contributed by atoms with E-state index in [9.17, 15) is 4.79 Å². The van der Waals surface area contributed by atoms with Gasteiger partial charge in [0, 0.05) is 11.3 Å². The largest absolute Gasteiger partial charge is 0.464 e. The van der Waals surface area contributed by atoms with Crippen molar-refractivity contribution in [2.75, 3.05) is 18.2 Å². The van der Waals surface area contributed by atoms with Crippen molar-refractivity contribution in [3.63, 3.8) is 0 Å². The Hall–Kier alpha value is -1.30. The molecule has 1 heterocycles. The fourth-order valence-electron chi connectivity index (χ4n) is 2.31. The van der Waals surface area contributed by atoms with Crippen LogP contribution in [-0.4, -0.2) is 40.1 Å². The topological polar surface area (TPSA) is 64.1 Å². The Morgan fingerprint density at radius 2 is 2.37 bits per heavy atom. The first kappa shape index (κ1) is 14.1. The number of nitrogens with one attached hydrogen (secondary N) is 1. The van der Waals surface area contributed by atoms with Gasteiger partial charge in [0.1, 0.15) is 5.82 Å². The lowest BCUT2D eigenvalue weighted by atomic mass is 10.2. The summed E-state index contributed by atoms with van der Waals surface area (Å²) < 4.78 is 4.64. The Morgan fingerprint density at radius 3 is 3.11 bits per heavy atom. The molecule has 0 aliphatic heterocycles. The summed E-state index contributed by atoms with van der Waals surface area (Å²) in [5.41, 5.74) is 0.241. The van der Waals surface area contributed by atoms with E-state index in [-0.39, 0.29) is 5.69 Å². The third kappa shape index (κ3) is 3.83. The van der Waals surface area contributed by atoms with Crippen LogP contribution in [0.25, 0.3) is 0 Å². The highest BCUT2D eigenvalue weighted by Gasteiger charge is 2.24. The van der Waals surface area contributed by atoms with E-state index in [0.717, 1.165) is 23.8 Å². The van der Waals surface area contributed by atoms with E-state index >= 15 is 0 Å². The molecular weight excluding hydrogens is 262 g/mol. The molecule has 1 aliphatic rings. The van der Waals surface area contributed by atoms with Gasteiger partial charge >= 0.3 is 5.97 Å². The van der Waals surface area contributed by atoms with Crippen LogP contribution in [0.4, 0.5) is 5.82 Å². The summed E-state index contributed by atoms with van der Waals surface area (Å²) in [5, 5.41) is 4.09. The van der Waals surface area contributed by atoms with Crippen LogP contribution in [0.1, 0.15) is 36.7 Å². The van der Waals surface area contributed by atoms with Gasteiger partial charge in [0.25, 0.3) is 0 Å². The number of aromatic nitrogens is 2. The summed E-state index contributed by atoms with van der Waals surface area (Å²) in [7, 11) is 1.34. The summed E-state index contributed by atoms with van der Waals surface area (Å²) in [4.78, 5) is 19.6. The molecule has 104 valence electrons. The summed E-state index contributed by atoms with van der Waals surface area (Å²) in [6, 6.07) is 0.422. The van der Waals surface area contributed by atoms with Crippen LogP contribution in [0.2, 0.25) is 0 Å². The van der Waals surface area contributed by atoms with Crippen molar-refractivity contribution in [2.24, 2.45) is 0 Å². The lowest BCUT2D eigenvalue weighted by molar-refractivity contribution is 0.0593. The van der Waals surface area contributed by atoms with Crippen molar-refractivity contribution in [3.05, 3.63) is 18.1 Å². The third-order valence-corrected chi connectivity index (χ3v) is 4.40. The van der Waals surface area contributed by atoms with E-state index in [0.29, 0.717) is 11.9 Å². The van der Waals surface area contributed by atoms with E-state index < -0.39 is 5.97 Å². The Labute approximate surface area is 117 Å². The van der Waals surface area contributed by atoms with Crippen LogP contribution in [0, 0.1) is 0 Å². The zero-order valence-electron chi connectivity index (χ0n) is 11.3. The van der Waals surface area contributed by atoms with Gasteiger partial charge in [0.2, 0.25) is 0 Å². The maximum absolute atomic E-state index is 11.4. The van der Waals surface area contributed by atoms with Gasteiger partial charge in [-0.2, -0.15) is 11.8 Å². The fourth-order valence-corrected chi connectivity index (χ4v) is 3.45. The Morgan fingerprint density at radius 1 is 1.53 bits per heavy atom. The second-order valence-corrected chi connectivity index (χ2v) is 6.09. The van der Waals surface area contributed by atoms with Crippen LogP contribution in [-0.2, 0) is 4.74 Å². The number of carbonyl (C=O) groups excluding carboxylic acids is 1. The molecule has 1 aromatic rings. The molecule has 0 spiro atoms. The third-order valence-electron chi connectivity index (χ3n) is 3.17. The average Bonchev–Trinajstić information content (AvgIpc) is 2.86. The van der Waals surface area contributed by atoms with Crippen molar-refractivity contribution in [1.82, 2.24) is 9.97 Å². The highest BCUT2D eigenvalue weighted by molar-refractivity contribution is 7.99. The molecule has 1 fully saturated rings. The molecule has 6 heteroatoms. The van der Waals surface area contributed by atoms with Gasteiger partial charge in [0.15, 0.2) is 5.69 Å². The molecule has 19 heavy (non-hydrogen) atoms. The Balaban J connectivity index is 1.94. The summed E-state index contributed by atoms with van der Waals surface area (Å²) in [6.45, 7) is 2.19. The highest BCUT2D eigenvalue weighted by Crippen LogP contribution is 2.31. The minimum Gasteiger partial charge on any atom is -0.464 e. The standard InChI is InChI=1S/C13H19N3O2S/c1-3-19-10-5-4-9(6-10)15-12-8-14-7-11(16-12)13(17)18-2/h7-10H,3-6H2,1-2H3,(H,15,16). The van der Waals surface area contributed by atoms with E-state index in [2.05, 4.69) is 26.9 Å². The summed E-state index contributed by atoms with van der Waals surface area (Å²) in [5.74, 6) is 1.35. The smallest absolute Gasteiger partial charge is 0.358 e. The molecule has 0 amide bonds. The number of hydrogen-bond donors (Lipinski definition) is 1. The summed E-state index contributed by atoms with van der Waals surface area (Å²) >= 11 is 2.01.